The highest BCUT2D eigenvalue weighted by Gasteiger charge is 2.23. The van der Waals surface area contributed by atoms with Gasteiger partial charge in [0.15, 0.2) is 0 Å². The third-order valence-electron chi connectivity index (χ3n) is 4.45. The number of hydrogen-bond acceptors (Lipinski definition) is 2. The fourth-order valence-corrected chi connectivity index (χ4v) is 3.07. The normalized spacial score (nSPS) is 19.1. The van der Waals surface area contributed by atoms with E-state index in [2.05, 4.69) is 24.1 Å². The van der Waals surface area contributed by atoms with Crippen LogP contribution in [0.1, 0.15) is 38.7 Å². The van der Waals surface area contributed by atoms with Crippen LogP contribution in [0, 0.1) is 11.7 Å². The van der Waals surface area contributed by atoms with Gasteiger partial charge in [-0.05, 0) is 57.8 Å². The predicted molar refractivity (Wildman–Crippen MR) is 82.2 cm³/mol. The average molecular weight is 278 g/mol. The highest BCUT2D eigenvalue weighted by molar-refractivity contribution is 5.17. The molecule has 0 spiro atoms. The Morgan fingerprint density at radius 2 is 2.00 bits per heavy atom. The van der Waals surface area contributed by atoms with E-state index in [0.29, 0.717) is 12.6 Å². The van der Waals surface area contributed by atoms with E-state index < -0.39 is 0 Å². The Morgan fingerprint density at radius 3 is 2.65 bits per heavy atom. The van der Waals surface area contributed by atoms with Gasteiger partial charge >= 0.3 is 0 Å². The summed E-state index contributed by atoms with van der Waals surface area (Å²) in [5, 5.41) is 3.50. The summed E-state index contributed by atoms with van der Waals surface area (Å²) >= 11 is 0. The van der Waals surface area contributed by atoms with E-state index >= 15 is 0 Å². The summed E-state index contributed by atoms with van der Waals surface area (Å²) in [7, 11) is 0. The molecule has 112 valence electrons. The van der Waals surface area contributed by atoms with Crippen molar-refractivity contribution in [2.45, 2.75) is 45.7 Å². The fourth-order valence-electron chi connectivity index (χ4n) is 3.07. The summed E-state index contributed by atoms with van der Waals surface area (Å²) in [6, 6.07) is 7.49. The number of likely N-dealkylation sites (tertiary alicyclic amines) is 1. The Balaban J connectivity index is 1.76. The first kappa shape index (κ1) is 15.5. The van der Waals surface area contributed by atoms with Crippen molar-refractivity contribution >= 4 is 0 Å². The Labute approximate surface area is 122 Å². The van der Waals surface area contributed by atoms with Crippen molar-refractivity contribution in [1.82, 2.24) is 10.2 Å². The Bertz CT molecular complexity index is 400. The molecule has 2 rings (SSSR count). The number of piperidine rings is 1. The molecule has 1 heterocycles. The molecule has 1 aliphatic rings. The topological polar surface area (TPSA) is 15.3 Å². The van der Waals surface area contributed by atoms with Crippen LogP contribution in [0.3, 0.4) is 0 Å². The van der Waals surface area contributed by atoms with Gasteiger partial charge in [-0.2, -0.15) is 0 Å². The number of halogens is 1. The van der Waals surface area contributed by atoms with Crippen LogP contribution in [0.15, 0.2) is 24.3 Å². The third kappa shape index (κ3) is 4.29. The maximum Gasteiger partial charge on any atom is 0.127 e. The lowest BCUT2D eigenvalue weighted by molar-refractivity contribution is 0.162. The van der Waals surface area contributed by atoms with E-state index in [9.17, 15) is 4.39 Å². The Hall–Kier alpha value is -0.930. The first-order chi connectivity index (χ1) is 9.70. The number of rotatable bonds is 6. The molecule has 1 aliphatic heterocycles. The second-order valence-corrected chi connectivity index (χ2v) is 5.94. The monoisotopic (exact) mass is 278 g/mol. The first-order valence-corrected chi connectivity index (χ1v) is 7.90. The quantitative estimate of drug-likeness (QED) is 0.857. The summed E-state index contributed by atoms with van der Waals surface area (Å²) in [6.07, 6.45) is 3.75. The van der Waals surface area contributed by atoms with E-state index in [4.69, 9.17) is 0 Å². The molecule has 0 bridgehead atoms. The Kier molecular flexibility index (Phi) is 5.99. The zero-order valence-electron chi connectivity index (χ0n) is 12.7. The number of benzene rings is 1. The molecule has 1 atom stereocenters. The van der Waals surface area contributed by atoms with Crippen molar-refractivity contribution in [3.8, 4) is 0 Å². The summed E-state index contributed by atoms with van der Waals surface area (Å²) in [4.78, 5) is 2.56. The molecule has 3 heteroatoms. The molecule has 2 nitrogen and oxygen atoms in total. The molecule has 0 aromatic heterocycles. The van der Waals surface area contributed by atoms with E-state index in [1.165, 1.54) is 45.0 Å². The van der Waals surface area contributed by atoms with Crippen LogP contribution in [-0.2, 0) is 6.54 Å². The van der Waals surface area contributed by atoms with Crippen LogP contribution >= 0.6 is 0 Å². The van der Waals surface area contributed by atoms with E-state index in [1.54, 1.807) is 6.07 Å². The van der Waals surface area contributed by atoms with Crippen LogP contribution in [0.25, 0.3) is 0 Å². The molecule has 0 aliphatic carbocycles. The van der Waals surface area contributed by atoms with E-state index in [-0.39, 0.29) is 5.82 Å². The summed E-state index contributed by atoms with van der Waals surface area (Å²) in [5.41, 5.74) is 0.766. The van der Waals surface area contributed by atoms with Crippen LogP contribution in [0.2, 0.25) is 0 Å². The lowest BCUT2D eigenvalue weighted by Gasteiger charge is -2.35. The summed E-state index contributed by atoms with van der Waals surface area (Å²) < 4.78 is 13.6. The van der Waals surface area contributed by atoms with Gasteiger partial charge in [0.1, 0.15) is 5.82 Å². The van der Waals surface area contributed by atoms with Crippen molar-refractivity contribution in [2.24, 2.45) is 5.92 Å². The van der Waals surface area contributed by atoms with Gasteiger partial charge in [-0.1, -0.05) is 25.1 Å². The molecule has 0 saturated carbocycles. The zero-order chi connectivity index (χ0) is 14.4. The molecule has 0 radical (unpaired) electrons. The first-order valence-electron chi connectivity index (χ1n) is 7.90. The highest BCUT2D eigenvalue weighted by Crippen LogP contribution is 2.21. The van der Waals surface area contributed by atoms with Crippen LogP contribution < -0.4 is 5.32 Å². The maximum atomic E-state index is 13.6. The van der Waals surface area contributed by atoms with Gasteiger partial charge in [0.25, 0.3) is 0 Å². The number of nitrogens with one attached hydrogen (secondary N) is 1. The van der Waals surface area contributed by atoms with Crippen molar-refractivity contribution in [3.63, 3.8) is 0 Å². The molecular weight excluding hydrogens is 251 g/mol. The molecule has 1 N–H and O–H groups in total. The second kappa shape index (κ2) is 7.75. The lowest BCUT2D eigenvalue weighted by Crippen LogP contribution is -2.42. The van der Waals surface area contributed by atoms with Crippen molar-refractivity contribution in [3.05, 3.63) is 35.6 Å². The van der Waals surface area contributed by atoms with Crippen LogP contribution in [0.4, 0.5) is 4.39 Å². The number of nitrogens with zero attached hydrogens (tertiary/aromatic N) is 1. The third-order valence-corrected chi connectivity index (χ3v) is 4.45. The molecule has 20 heavy (non-hydrogen) atoms. The van der Waals surface area contributed by atoms with Gasteiger partial charge in [0.2, 0.25) is 0 Å². The smallest absolute Gasteiger partial charge is 0.127 e. The average Bonchev–Trinajstić information content (AvgIpc) is 2.47. The highest BCUT2D eigenvalue weighted by atomic mass is 19.1. The molecule has 1 unspecified atom stereocenters. The largest absolute Gasteiger partial charge is 0.310 e. The summed E-state index contributed by atoms with van der Waals surface area (Å²) in [6.45, 7) is 8.76. The van der Waals surface area contributed by atoms with E-state index in [0.717, 1.165) is 11.5 Å². The minimum absolute atomic E-state index is 0.107. The van der Waals surface area contributed by atoms with Crippen molar-refractivity contribution in [2.75, 3.05) is 19.6 Å². The molecule has 0 amide bonds. The van der Waals surface area contributed by atoms with Gasteiger partial charge < -0.3 is 10.2 Å². The van der Waals surface area contributed by atoms with E-state index in [1.807, 2.05) is 12.1 Å². The SMILES string of the molecule is CCCN1CCC(C(C)NCc2ccccc2F)CC1. The predicted octanol–water partition coefficient (Wildman–Crippen LogP) is 3.43. The molecule has 1 fully saturated rings. The van der Waals surface area contributed by atoms with Gasteiger partial charge in [0.05, 0.1) is 0 Å². The number of hydrogen-bond donors (Lipinski definition) is 1. The van der Waals surface area contributed by atoms with Gasteiger partial charge in [-0.15, -0.1) is 0 Å². The molecular formula is C17H27FN2. The fraction of sp³-hybridized carbons (Fsp3) is 0.647. The summed E-state index contributed by atoms with van der Waals surface area (Å²) in [5.74, 6) is 0.611. The molecule has 1 aromatic rings. The van der Waals surface area contributed by atoms with Crippen LogP contribution in [0.5, 0.6) is 0 Å². The standard InChI is InChI=1S/C17H27FN2/c1-3-10-20-11-8-15(9-12-20)14(2)19-13-16-6-4-5-7-17(16)18/h4-7,14-15,19H,3,8-13H2,1-2H3. The van der Waals surface area contributed by atoms with Gasteiger partial charge in [-0.25, -0.2) is 4.39 Å². The Morgan fingerprint density at radius 1 is 1.30 bits per heavy atom. The molecule has 1 saturated heterocycles. The van der Waals surface area contributed by atoms with Crippen LogP contribution in [-0.4, -0.2) is 30.6 Å². The van der Waals surface area contributed by atoms with Gasteiger partial charge in [0, 0.05) is 18.2 Å². The van der Waals surface area contributed by atoms with Crippen molar-refractivity contribution in [1.29, 1.82) is 0 Å². The van der Waals surface area contributed by atoms with Gasteiger partial charge in [-0.3, -0.25) is 0 Å². The van der Waals surface area contributed by atoms with Crippen molar-refractivity contribution < 1.29 is 4.39 Å². The minimum Gasteiger partial charge on any atom is -0.310 e. The molecule has 1 aromatic carbocycles. The lowest BCUT2D eigenvalue weighted by atomic mass is 9.90. The second-order valence-electron chi connectivity index (χ2n) is 5.94. The minimum atomic E-state index is -0.107. The maximum absolute atomic E-state index is 13.6. The zero-order valence-corrected chi connectivity index (χ0v) is 12.7.